The Morgan fingerprint density at radius 2 is 1.79 bits per heavy atom. The van der Waals surface area contributed by atoms with E-state index in [0.717, 1.165) is 37.1 Å². The van der Waals surface area contributed by atoms with E-state index in [-0.39, 0.29) is 17.7 Å². The van der Waals surface area contributed by atoms with E-state index in [1.54, 1.807) is 17.0 Å². The van der Waals surface area contributed by atoms with Gasteiger partial charge in [-0.1, -0.05) is 36.4 Å². The summed E-state index contributed by atoms with van der Waals surface area (Å²) in [6.07, 6.45) is 3.28. The van der Waals surface area contributed by atoms with Gasteiger partial charge in [0.2, 0.25) is 5.88 Å². The van der Waals surface area contributed by atoms with Crippen LogP contribution in [0.2, 0.25) is 0 Å². The molecular formula is C21H19FN4O2. The molecule has 3 aromatic rings. The van der Waals surface area contributed by atoms with Gasteiger partial charge in [0.05, 0.1) is 0 Å². The highest BCUT2D eigenvalue weighted by Crippen LogP contribution is 2.28. The lowest BCUT2D eigenvalue weighted by Gasteiger charge is -2.15. The summed E-state index contributed by atoms with van der Waals surface area (Å²) in [5.41, 5.74) is 1.67. The number of hydrogen-bond acceptors (Lipinski definition) is 4. The van der Waals surface area contributed by atoms with E-state index in [1.165, 1.54) is 18.5 Å². The molecule has 2 heterocycles. The predicted octanol–water partition coefficient (Wildman–Crippen LogP) is 4.70. The maximum atomic E-state index is 14.5. The molecule has 28 heavy (non-hydrogen) atoms. The molecule has 2 aromatic carbocycles. The Morgan fingerprint density at radius 3 is 2.54 bits per heavy atom. The van der Waals surface area contributed by atoms with E-state index in [9.17, 15) is 9.18 Å². The second-order valence-electron chi connectivity index (χ2n) is 6.48. The summed E-state index contributed by atoms with van der Waals surface area (Å²) in [6.45, 7) is 1.47. The molecule has 0 bridgehead atoms. The highest BCUT2D eigenvalue weighted by molar-refractivity contribution is 5.88. The van der Waals surface area contributed by atoms with Crippen molar-refractivity contribution >= 4 is 11.8 Å². The van der Waals surface area contributed by atoms with Crippen LogP contribution in [0.3, 0.4) is 0 Å². The molecule has 2 amide bonds. The molecule has 1 N–H and O–H groups in total. The second-order valence-corrected chi connectivity index (χ2v) is 6.48. The Labute approximate surface area is 162 Å². The van der Waals surface area contributed by atoms with Crippen LogP contribution in [0.15, 0.2) is 60.9 Å². The highest BCUT2D eigenvalue weighted by atomic mass is 19.1. The smallest absolute Gasteiger partial charge is 0.323 e. The van der Waals surface area contributed by atoms with Crippen LogP contribution in [0.4, 0.5) is 15.0 Å². The van der Waals surface area contributed by atoms with Crippen LogP contribution in [0.1, 0.15) is 12.8 Å². The van der Waals surface area contributed by atoms with Gasteiger partial charge >= 0.3 is 6.03 Å². The van der Waals surface area contributed by atoms with Crippen molar-refractivity contribution in [3.05, 3.63) is 66.7 Å². The number of anilines is 1. The molecule has 142 valence electrons. The van der Waals surface area contributed by atoms with Gasteiger partial charge in [0.1, 0.15) is 12.1 Å². The molecule has 7 heteroatoms. The summed E-state index contributed by atoms with van der Waals surface area (Å²) in [6, 6.07) is 15.6. The van der Waals surface area contributed by atoms with Gasteiger partial charge in [-0.05, 0) is 36.1 Å². The Hall–Kier alpha value is -3.48. The average molecular weight is 378 g/mol. The number of hydrogen-bond donors (Lipinski definition) is 1. The Kier molecular flexibility index (Phi) is 5.14. The van der Waals surface area contributed by atoms with Gasteiger partial charge in [0, 0.05) is 19.2 Å². The standard InChI is InChI=1S/C21H19FN4O2/c22-17-12-16(15-6-2-1-3-7-15)8-9-18(17)28-20-13-19(23-14-24-20)25-21(27)26-10-4-5-11-26/h1-3,6-9,12-14H,4-5,10-11H2,(H,23,24,25,27). The fourth-order valence-corrected chi connectivity index (χ4v) is 3.08. The number of carbonyl (C=O) groups is 1. The minimum absolute atomic E-state index is 0.0511. The fraction of sp³-hybridized carbons (Fsp3) is 0.190. The molecule has 1 saturated heterocycles. The molecule has 6 nitrogen and oxygen atoms in total. The zero-order valence-electron chi connectivity index (χ0n) is 15.1. The van der Waals surface area contributed by atoms with E-state index in [0.29, 0.717) is 5.82 Å². The lowest BCUT2D eigenvalue weighted by molar-refractivity contribution is 0.222. The van der Waals surface area contributed by atoms with Gasteiger partial charge in [-0.15, -0.1) is 0 Å². The highest BCUT2D eigenvalue weighted by Gasteiger charge is 2.18. The van der Waals surface area contributed by atoms with Crippen molar-refractivity contribution in [3.8, 4) is 22.8 Å². The number of aromatic nitrogens is 2. The molecule has 1 aliphatic heterocycles. The van der Waals surface area contributed by atoms with Crippen LogP contribution in [0.5, 0.6) is 11.6 Å². The first-order valence-electron chi connectivity index (χ1n) is 9.10. The maximum absolute atomic E-state index is 14.5. The third kappa shape index (κ3) is 4.09. The summed E-state index contributed by atoms with van der Waals surface area (Å²) in [7, 11) is 0. The van der Waals surface area contributed by atoms with Crippen molar-refractivity contribution < 1.29 is 13.9 Å². The molecular weight excluding hydrogens is 359 g/mol. The average Bonchev–Trinajstić information content (AvgIpc) is 3.26. The molecule has 0 radical (unpaired) electrons. The summed E-state index contributed by atoms with van der Waals surface area (Å²) in [4.78, 5) is 21.9. The Bertz CT molecular complexity index is 975. The fourth-order valence-electron chi connectivity index (χ4n) is 3.08. The lowest BCUT2D eigenvalue weighted by Crippen LogP contribution is -2.32. The van der Waals surface area contributed by atoms with Crippen LogP contribution in [0, 0.1) is 5.82 Å². The van der Waals surface area contributed by atoms with Crippen molar-refractivity contribution in [1.29, 1.82) is 0 Å². The third-order valence-electron chi connectivity index (χ3n) is 4.52. The van der Waals surface area contributed by atoms with Crippen molar-refractivity contribution in [2.45, 2.75) is 12.8 Å². The van der Waals surface area contributed by atoms with E-state index in [1.807, 2.05) is 30.3 Å². The van der Waals surface area contributed by atoms with Gasteiger partial charge < -0.3 is 9.64 Å². The van der Waals surface area contributed by atoms with Gasteiger partial charge in [-0.2, -0.15) is 0 Å². The number of amides is 2. The SMILES string of the molecule is O=C(Nc1cc(Oc2ccc(-c3ccccc3)cc2F)ncn1)N1CCCC1. The van der Waals surface area contributed by atoms with Gasteiger partial charge in [-0.25, -0.2) is 19.2 Å². The first-order valence-corrected chi connectivity index (χ1v) is 9.10. The first kappa shape index (κ1) is 17.9. The number of halogens is 1. The van der Waals surface area contributed by atoms with E-state index >= 15 is 0 Å². The normalized spacial score (nSPS) is 13.4. The quantitative estimate of drug-likeness (QED) is 0.714. The molecule has 0 unspecified atom stereocenters. The molecule has 1 fully saturated rings. The number of urea groups is 1. The van der Waals surface area contributed by atoms with Crippen molar-refractivity contribution in [2.24, 2.45) is 0 Å². The number of nitrogens with zero attached hydrogens (tertiary/aromatic N) is 3. The Balaban J connectivity index is 1.47. The zero-order chi connectivity index (χ0) is 19.3. The molecule has 1 aromatic heterocycles. The summed E-state index contributed by atoms with van der Waals surface area (Å²) in [5.74, 6) is 0.0131. The van der Waals surface area contributed by atoms with E-state index < -0.39 is 5.82 Å². The van der Waals surface area contributed by atoms with Gasteiger partial charge in [-0.3, -0.25) is 5.32 Å². The van der Waals surface area contributed by atoms with Gasteiger partial charge in [0.15, 0.2) is 11.6 Å². The molecule has 0 spiro atoms. The van der Waals surface area contributed by atoms with Crippen molar-refractivity contribution in [3.63, 3.8) is 0 Å². The molecule has 0 saturated carbocycles. The summed E-state index contributed by atoms with van der Waals surface area (Å²) < 4.78 is 20.0. The topological polar surface area (TPSA) is 67.3 Å². The lowest BCUT2D eigenvalue weighted by atomic mass is 10.1. The molecule has 4 rings (SSSR count). The van der Waals surface area contributed by atoms with Crippen LogP contribution in [-0.4, -0.2) is 34.0 Å². The number of benzene rings is 2. The summed E-state index contributed by atoms with van der Waals surface area (Å²) in [5, 5.41) is 2.72. The van der Waals surface area contributed by atoms with Crippen LogP contribution in [-0.2, 0) is 0 Å². The largest absolute Gasteiger partial charge is 0.436 e. The Morgan fingerprint density at radius 1 is 1.00 bits per heavy atom. The molecule has 1 aliphatic rings. The molecule has 0 aliphatic carbocycles. The first-order chi connectivity index (χ1) is 13.7. The number of likely N-dealkylation sites (tertiary alicyclic amines) is 1. The van der Waals surface area contributed by atoms with E-state index in [2.05, 4.69) is 15.3 Å². The number of rotatable bonds is 4. The number of nitrogens with one attached hydrogen (secondary N) is 1. The monoisotopic (exact) mass is 378 g/mol. The van der Waals surface area contributed by atoms with Gasteiger partial charge in [0.25, 0.3) is 0 Å². The minimum Gasteiger partial charge on any atom is -0.436 e. The number of ether oxygens (including phenoxy) is 1. The number of carbonyl (C=O) groups excluding carboxylic acids is 1. The van der Waals surface area contributed by atoms with Crippen LogP contribution in [0.25, 0.3) is 11.1 Å². The molecule has 0 atom stereocenters. The minimum atomic E-state index is -0.498. The predicted molar refractivity (Wildman–Crippen MR) is 104 cm³/mol. The van der Waals surface area contributed by atoms with Crippen LogP contribution < -0.4 is 10.1 Å². The third-order valence-corrected chi connectivity index (χ3v) is 4.52. The van der Waals surface area contributed by atoms with Crippen molar-refractivity contribution in [2.75, 3.05) is 18.4 Å². The maximum Gasteiger partial charge on any atom is 0.323 e. The van der Waals surface area contributed by atoms with Crippen LogP contribution >= 0.6 is 0 Å². The van der Waals surface area contributed by atoms with Crippen molar-refractivity contribution in [1.82, 2.24) is 14.9 Å². The zero-order valence-corrected chi connectivity index (χ0v) is 15.1. The second kappa shape index (κ2) is 8.04. The summed E-state index contributed by atoms with van der Waals surface area (Å²) >= 11 is 0. The van der Waals surface area contributed by atoms with E-state index in [4.69, 9.17) is 4.74 Å².